The molecule has 0 radical (unpaired) electrons. The van der Waals surface area contributed by atoms with Gasteiger partial charge in [-0.05, 0) is 12.8 Å². The zero-order valence-electron chi connectivity index (χ0n) is 11.5. The van der Waals surface area contributed by atoms with Crippen LogP contribution in [0.15, 0.2) is 24.3 Å². The number of nitriles is 1. The molecule has 3 heteroatoms. The van der Waals surface area contributed by atoms with E-state index in [1.165, 1.54) is 0 Å². The largest absolute Gasteiger partial charge is 0.370 e. The highest BCUT2D eigenvalue weighted by Gasteiger charge is 2.11. The van der Waals surface area contributed by atoms with E-state index in [1.54, 1.807) is 0 Å². The van der Waals surface area contributed by atoms with Crippen LogP contribution in [-0.2, 0) is 6.42 Å². The Labute approximate surface area is 114 Å². The Morgan fingerprint density at radius 2 is 1.95 bits per heavy atom. The van der Waals surface area contributed by atoms with Crippen molar-refractivity contribution in [2.45, 2.75) is 33.1 Å². The summed E-state index contributed by atoms with van der Waals surface area (Å²) >= 11 is 0. The second-order valence-electron chi connectivity index (χ2n) is 4.57. The number of aryl methyl sites for hydroxylation is 1. The van der Waals surface area contributed by atoms with Gasteiger partial charge < -0.3 is 5.32 Å². The third-order valence-electron chi connectivity index (χ3n) is 3.26. The van der Waals surface area contributed by atoms with Crippen LogP contribution in [0.4, 0.5) is 5.82 Å². The molecule has 3 nitrogen and oxygen atoms in total. The van der Waals surface area contributed by atoms with Crippen molar-refractivity contribution >= 4 is 16.6 Å². The molecule has 2 rings (SSSR count). The molecule has 0 aliphatic heterocycles. The van der Waals surface area contributed by atoms with E-state index in [9.17, 15) is 5.26 Å². The maximum atomic E-state index is 9.34. The van der Waals surface area contributed by atoms with E-state index in [-0.39, 0.29) is 0 Å². The first kappa shape index (κ1) is 13.4. The van der Waals surface area contributed by atoms with E-state index in [4.69, 9.17) is 0 Å². The minimum Gasteiger partial charge on any atom is -0.370 e. The van der Waals surface area contributed by atoms with Gasteiger partial charge in [-0.15, -0.1) is 0 Å². The number of benzene rings is 1. The van der Waals surface area contributed by atoms with Crippen molar-refractivity contribution in [3.63, 3.8) is 0 Å². The first-order valence-electron chi connectivity index (χ1n) is 6.87. The minimum absolute atomic E-state index is 0.708. The summed E-state index contributed by atoms with van der Waals surface area (Å²) in [5.41, 5.74) is 1.58. The number of rotatable bonds is 5. The third kappa shape index (κ3) is 2.68. The van der Waals surface area contributed by atoms with Crippen molar-refractivity contribution in [1.29, 1.82) is 5.26 Å². The highest BCUT2D eigenvalue weighted by Crippen LogP contribution is 2.27. The Morgan fingerprint density at radius 3 is 2.58 bits per heavy atom. The SMILES string of the molecule is CCCCNc1nc(CC)c(C#N)c2ccccc12. The van der Waals surface area contributed by atoms with Gasteiger partial charge in [0.1, 0.15) is 11.9 Å². The average Bonchev–Trinajstić information content (AvgIpc) is 2.46. The number of hydrogen-bond donors (Lipinski definition) is 1. The van der Waals surface area contributed by atoms with Crippen LogP contribution >= 0.6 is 0 Å². The van der Waals surface area contributed by atoms with Gasteiger partial charge in [0, 0.05) is 17.3 Å². The van der Waals surface area contributed by atoms with Crippen molar-refractivity contribution < 1.29 is 0 Å². The monoisotopic (exact) mass is 253 g/mol. The van der Waals surface area contributed by atoms with Gasteiger partial charge in [0.05, 0.1) is 11.3 Å². The van der Waals surface area contributed by atoms with E-state index < -0.39 is 0 Å². The molecule has 0 saturated heterocycles. The van der Waals surface area contributed by atoms with Crippen molar-refractivity contribution in [2.75, 3.05) is 11.9 Å². The quantitative estimate of drug-likeness (QED) is 0.823. The summed E-state index contributed by atoms with van der Waals surface area (Å²) in [6.45, 7) is 5.12. The van der Waals surface area contributed by atoms with Gasteiger partial charge in [-0.25, -0.2) is 4.98 Å². The Bertz CT molecular complexity index is 611. The lowest BCUT2D eigenvalue weighted by Gasteiger charge is -2.12. The molecule has 19 heavy (non-hydrogen) atoms. The zero-order chi connectivity index (χ0) is 13.7. The fourth-order valence-electron chi connectivity index (χ4n) is 2.21. The summed E-state index contributed by atoms with van der Waals surface area (Å²) in [5.74, 6) is 0.903. The summed E-state index contributed by atoms with van der Waals surface area (Å²) in [6.07, 6.45) is 3.05. The predicted octanol–water partition coefficient (Wildman–Crippen LogP) is 3.88. The second-order valence-corrected chi connectivity index (χ2v) is 4.57. The fourth-order valence-corrected chi connectivity index (χ4v) is 2.21. The van der Waals surface area contributed by atoms with Crippen LogP contribution in [0.5, 0.6) is 0 Å². The molecule has 0 amide bonds. The van der Waals surface area contributed by atoms with Crippen molar-refractivity contribution in [2.24, 2.45) is 0 Å². The number of anilines is 1. The number of nitrogens with zero attached hydrogens (tertiary/aromatic N) is 2. The lowest BCUT2D eigenvalue weighted by atomic mass is 10.0. The van der Waals surface area contributed by atoms with Gasteiger partial charge in [-0.3, -0.25) is 0 Å². The molecular weight excluding hydrogens is 234 g/mol. The number of hydrogen-bond acceptors (Lipinski definition) is 3. The molecule has 1 aromatic carbocycles. The summed E-state index contributed by atoms with van der Waals surface area (Å²) in [4.78, 5) is 4.63. The average molecular weight is 253 g/mol. The lowest BCUT2D eigenvalue weighted by molar-refractivity contribution is 0.830. The van der Waals surface area contributed by atoms with E-state index in [0.29, 0.717) is 5.56 Å². The standard InChI is InChI=1S/C16H19N3/c1-3-5-10-18-16-13-9-7-6-8-12(13)14(11-17)15(4-2)19-16/h6-9H,3-5,10H2,1-2H3,(H,18,19). The number of fused-ring (bicyclic) bond motifs is 1. The number of nitrogens with one attached hydrogen (secondary N) is 1. The Hall–Kier alpha value is -2.08. The summed E-state index contributed by atoms with van der Waals surface area (Å²) in [7, 11) is 0. The van der Waals surface area contributed by atoms with Crippen LogP contribution in [0.2, 0.25) is 0 Å². The molecule has 0 atom stereocenters. The molecule has 0 bridgehead atoms. The predicted molar refractivity (Wildman–Crippen MR) is 79.2 cm³/mol. The number of unbranched alkanes of at least 4 members (excludes halogenated alkanes) is 1. The van der Waals surface area contributed by atoms with Crippen molar-refractivity contribution in [3.8, 4) is 6.07 Å². The smallest absolute Gasteiger partial charge is 0.134 e. The van der Waals surface area contributed by atoms with E-state index in [1.807, 2.05) is 31.2 Å². The lowest BCUT2D eigenvalue weighted by Crippen LogP contribution is -2.06. The number of pyridine rings is 1. The van der Waals surface area contributed by atoms with Gasteiger partial charge in [0.15, 0.2) is 0 Å². The summed E-state index contributed by atoms with van der Waals surface area (Å²) in [5, 5.41) is 14.8. The van der Waals surface area contributed by atoms with Crippen LogP contribution in [0.1, 0.15) is 37.9 Å². The van der Waals surface area contributed by atoms with E-state index >= 15 is 0 Å². The third-order valence-corrected chi connectivity index (χ3v) is 3.26. The van der Waals surface area contributed by atoms with Crippen molar-refractivity contribution in [3.05, 3.63) is 35.5 Å². The van der Waals surface area contributed by atoms with Crippen LogP contribution in [0, 0.1) is 11.3 Å². The van der Waals surface area contributed by atoms with Gasteiger partial charge in [0.25, 0.3) is 0 Å². The molecule has 0 unspecified atom stereocenters. The topological polar surface area (TPSA) is 48.7 Å². The molecule has 0 spiro atoms. The molecule has 0 saturated carbocycles. The molecule has 0 aliphatic carbocycles. The van der Waals surface area contributed by atoms with Gasteiger partial charge in [-0.2, -0.15) is 5.26 Å². The fraction of sp³-hybridized carbons (Fsp3) is 0.375. The normalized spacial score (nSPS) is 10.4. The first-order chi connectivity index (χ1) is 9.31. The summed E-state index contributed by atoms with van der Waals surface area (Å²) < 4.78 is 0. The highest BCUT2D eigenvalue weighted by molar-refractivity contribution is 5.96. The molecule has 1 N–H and O–H groups in total. The molecule has 0 fully saturated rings. The Balaban J connectivity index is 2.55. The zero-order valence-corrected chi connectivity index (χ0v) is 11.5. The molecular formula is C16H19N3. The van der Waals surface area contributed by atoms with Crippen molar-refractivity contribution in [1.82, 2.24) is 4.98 Å². The summed E-state index contributed by atoms with van der Waals surface area (Å²) in [6, 6.07) is 10.3. The van der Waals surface area contributed by atoms with Crippen LogP contribution in [0.3, 0.4) is 0 Å². The molecule has 2 aromatic rings. The second kappa shape index (κ2) is 6.19. The van der Waals surface area contributed by atoms with E-state index in [0.717, 1.165) is 48.1 Å². The maximum Gasteiger partial charge on any atom is 0.134 e. The first-order valence-corrected chi connectivity index (χ1v) is 6.87. The van der Waals surface area contributed by atoms with Gasteiger partial charge in [-0.1, -0.05) is 44.5 Å². The van der Waals surface area contributed by atoms with Gasteiger partial charge >= 0.3 is 0 Å². The highest BCUT2D eigenvalue weighted by atomic mass is 15.0. The maximum absolute atomic E-state index is 9.34. The molecule has 0 aliphatic rings. The van der Waals surface area contributed by atoms with Crippen LogP contribution in [0.25, 0.3) is 10.8 Å². The molecule has 1 aromatic heterocycles. The number of aromatic nitrogens is 1. The van der Waals surface area contributed by atoms with Gasteiger partial charge in [0.2, 0.25) is 0 Å². The van der Waals surface area contributed by atoms with Crippen LogP contribution in [-0.4, -0.2) is 11.5 Å². The van der Waals surface area contributed by atoms with Crippen LogP contribution < -0.4 is 5.32 Å². The minimum atomic E-state index is 0.708. The Kier molecular flexibility index (Phi) is 4.35. The molecule has 1 heterocycles. The molecule has 98 valence electrons. The van der Waals surface area contributed by atoms with E-state index in [2.05, 4.69) is 23.3 Å². The Morgan fingerprint density at radius 1 is 1.21 bits per heavy atom.